The normalized spacial score (nSPS) is 15.9. The standard InChI is InChI=1S/C13H13ClN2O/c1-17-10-7-3-6-9-11(8-4-2-5-8)15-13(14)16-12(9)10/h3,6-8H,2,4-5H2,1H3. The molecule has 0 saturated heterocycles. The van der Waals surface area contributed by atoms with Crippen molar-refractivity contribution in [3.05, 3.63) is 29.2 Å². The van der Waals surface area contributed by atoms with Crippen LogP contribution in [0.2, 0.25) is 5.28 Å². The number of nitrogens with zero attached hydrogens (tertiary/aromatic N) is 2. The maximum Gasteiger partial charge on any atom is 0.223 e. The predicted octanol–water partition coefficient (Wildman–Crippen LogP) is 3.56. The highest BCUT2D eigenvalue weighted by atomic mass is 35.5. The van der Waals surface area contributed by atoms with Crippen LogP contribution in [0.3, 0.4) is 0 Å². The summed E-state index contributed by atoms with van der Waals surface area (Å²) in [6.07, 6.45) is 3.66. The summed E-state index contributed by atoms with van der Waals surface area (Å²) < 4.78 is 5.32. The molecule has 17 heavy (non-hydrogen) atoms. The monoisotopic (exact) mass is 248 g/mol. The Labute approximate surface area is 105 Å². The molecule has 0 bridgehead atoms. The van der Waals surface area contributed by atoms with Crippen molar-refractivity contribution >= 4 is 22.5 Å². The molecule has 1 heterocycles. The van der Waals surface area contributed by atoms with Crippen molar-refractivity contribution in [2.45, 2.75) is 25.2 Å². The molecule has 1 fully saturated rings. The second-order valence-electron chi connectivity index (χ2n) is 4.36. The van der Waals surface area contributed by atoms with E-state index in [0.717, 1.165) is 22.3 Å². The van der Waals surface area contributed by atoms with Crippen molar-refractivity contribution in [3.8, 4) is 5.75 Å². The molecular weight excluding hydrogens is 236 g/mol. The minimum absolute atomic E-state index is 0.309. The Bertz CT molecular complexity index is 567. The third-order valence-electron chi connectivity index (χ3n) is 3.40. The Balaban J connectivity index is 2.27. The number of benzene rings is 1. The Morgan fingerprint density at radius 3 is 2.76 bits per heavy atom. The lowest BCUT2D eigenvalue weighted by atomic mass is 9.81. The first-order valence-electron chi connectivity index (χ1n) is 5.79. The molecule has 0 amide bonds. The lowest BCUT2D eigenvalue weighted by molar-refractivity contribution is 0.411. The molecule has 1 aliphatic rings. The lowest BCUT2D eigenvalue weighted by Gasteiger charge is -2.25. The maximum atomic E-state index is 6.00. The first kappa shape index (κ1) is 10.8. The van der Waals surface area contributed by atoms with Gasteiger partial charge in [-0.05, 0) is 30.5 Å². The molecule has 0 atom stereocenters. The number of para-hydroxylation sites is 1. The number of hydrogen-bond acceptors (Lipinski definition) is 3. The molecule has 0 spiro atoms. The van der Waals surface area contributed by atoms with Gasteiger partial charge in [0, 0.05) is 11.3 Å². The number of rotatable bonds is 2. The van der Waals surface area contributed by atoms with E-state index >= 15 is 0 Å². The molecule has 0 unspecified atom stereocenters. The molecule has 2 aromatic rings. The van der Waals surface area contributed by atoms with Gasteiger partial charge in [-0.2, -0.15) is 0 Å². The number of ether oxygens (including phenoxy) is 1. The molecule has 1 saturated carbocycles. The van der Waals surface area contributed by atoms with Crippen LogP contribution in [-0.4, -0.2) is 17.1 Å². The van der Waals surface area contributed by atoms with Crippen LogP contribution in [0, 0.1) is 0 Å². The number of methoxy groups -OCH3 is 1. The molecule has 88 valence electrons. The highest BCUT2D eigenvalue weighted by Gasteiger charge is 2.24. The number of fused-ring (bicyclic) bond motifs is 1. The van der Waals surface area contributed by atoms with E-state index in [-0.39, 0.29) is 0 Å². The van der Waals surface area contributed by atoms with Gasteiger partial charge in [-0.25, -0.2) is 9.97 Å². The zero-order valence-electron chi connectivity index (χ0n) is 9.61. The summed E-state index contributed by atoms with van der Waals surface area (Å²) in [6.45, 7) is 0. The fourth-order valence-electron chi connectivity index (χ4n) is 2.28. The van der Waals surface area contributed by atoms with Gasteiger partial charge in [-0.1, -0.05) is 18.6 Å². The molecule has 3 rings (SSSR count). The Morgan fingerprint density at radius 2 is 2.12 bits per heavy atom. The summed E-state index contributed by atoms with van der Waals surface area (Å²) in [6, 6.07) is 5.92. The SMILES string of the molecule is COc1cccc2c(C3CCC3)nc(Cl)nc12. The van der Waals surface area contributed by atoms with Gasteiger partial charge in [0.15, 0.2) is 0 Å². The predicted molar refractivity (Wildman–Crippen MR) is 67.7 cm³/mol. The molecule has 4 heteroatoms. The van der Waals surface area contributed by atoms with E-state index in [1.807, 2.05) is 18.2 Å². The Hall–Kier alpha value is -1.35. The van der Waals surface area contributed by atoms with Gasteiger partial charge in [-0.3, -0.25) is 0 Å². The molecule has 0 aliphatic heterocycles. The zero-order chi connectivity index (χ0) is 11.8. The average molecular weight is 249 g/mol. The van der Waals surface area contributed by atoms with Crippen LogP contribution in [0.4, 0.5) is 0 Å². The van der Waals surface area contributed by atoms with Crippen LogP contribution in [0.15, 0.2) is 18.2 Å². The fourth-order valence-corrected chi connectivity index (χ4v) is 2.45. The molecular formula is C13H13ClN2O. The summed E-state index contributed by atoms with van der Waals surface area (Å²) in [5, 5.41) is 1.38. The Morgan fingerprint density at radius 1 is 1.29 bits per heavy atom. The van der Waals surface area contributed by atoms with E-state index in [2.05, 4.69) is 9.97 Å². The molecule has 1 aromatic heterocycles. The van der Waals surface area contributed by atoms with Crippen molar-refractivity contribution in [2.75, 3.05) is 7.11 Å². The van der Waals surface area contributed by atoms with Crippen molar-refractivity contribution in [1.82, 2.24) is 9.97 Å². The third kappa shape index (κ3) is 1.75. The van der Waals surface area contributed by atoms with Gasteiger partial charge in [0.05, 0.1) is 12.8 Å². The minimum Gasteiger partial charge on any atom is -0.494 e. The molecule has 3 nitrogen and oxygen atoms in total. The lowest BCUT2D eigenvalue weighted by Crippen LogP contribution is -2.12. The average Bonchev–Trinajstić information content (AvgIpc) is 2.26. The van der Waals surface area contributed by atoms with Gasteiger partial charge < -0.3 is 4.74 Å². The van der Waals surface area contributed by atoms with Crippen LogP contribution in [0.25, 0.3) is 10.9 Å². The van der Waals surface area contributed by atoms with Crippen LogP contribution in [-0.2, 0) is 0 Å². The minimum atomic E-state index is 0.309. The van der Waals surface area contributed by atoms with Gasteiger partial charge in [0.25, 0.3) is 0 Å². The quantitative estimate of drug-likeness (QED) is 0.763. The van der Waals surface area contributed by atoms with Gasteiger partial charge in [-0.15, -0.1) is 0 Å². The number of hydrogen-bond donors (Lipinski definition) is 0. The summed E-state index contributed by atoms with van der Waals surface area (Å²) in [5.74, 6) is 1.29. The van der Waals surface area contributed by atoms with Crippen LogP contribution in [0.5, 0.6) is 5.75 Å². The van der Waals surface area contributed by atoms with E-state index in [9.17, 15) is 0 Å². The third-order valence-corrected chi connectivity index (χ3v) is 3.57. The van der Waals surface area contributed by atoms with Crippen LogP contribution < -0.4 is 4.74 Å². The van der Waals surface area contributed by atoms with E-state index in [0.29, 0.717) is 11.2 Å². The fraction of sp³-hybridized carbons (Fsp3) is 0.385. The van der Waals surface area contributed by atoms with E-state index in [4.69, 9.17) is 16.3 Å². The topological polar surface area (TPSA) is 35.0 Å². The first-order chi connectivity index (χ1) is 8.29. The van der Waals surface area contributed by atoms with Gasteiger partial charge in [0.1, 0.15) is 11.3 Å². The highest BCUT2D eigenvalue weighted by Crippen LogP contribution is 2.39. The van der Waals surface area contributed by atoms with Gasteiger partial charge >= 0.3 is 0 Å². The van der Waals surface area contributed by atoms with Gasteiger partial charge in [0.2, 0.25) is 5.28 Å². The number of aromatic nitrogens is 2. The molecule has 1 aliphatic carbocycles. The summed E-state index contributed by atoms with van der Waals surface area (Å²) in [7, 11) is 1.65. The van der Waals surface area contributed by atoms with Crippen molar-refractivity contribution < 1.29 is 4.74 Å². The smallest absolute Gasteiger partial charge is 0.223 e. The number of halogens is 1. The second kappa shape index (κ2) is 4.15. The van der Waals surface area contributed by atoms with Crippen molar-refractivity contribution in [3.63, 3.8) is 0 Å². The maximum absolute atomic E-state index is 6.00. The summed E-state index contributed by atoms with van der Waals surface area (Å²) in [4.78, 5) is 8.67. The largest absolute Gasteiger partial charge is 0.494 e. The molecule has 0 N–H and O–H groups in total. The van der Waals surface area contributed by atoms with Crippen molar-refractivity contribution in [1.29, 1.82) is 0 Å². The highest BCUT2D eigenvalue weighted by molar-refractivity contribution is 6.28. The van der Waals surface area contributed by atoms with Crippen LogP contribution >= 0.6 is 11.6 Å². The first-order valence-corrected chi connectivity index (χ1v) is 6.17. The summed E-state index contributed by atoms with van der Waals surface area (Å²) in [5.41, 5.74) is 1.89. The van der Waals surface area contributed by atoms with E-state index in [1.165, 1.54) is 19.3 Å². The zero-order valence-corrected chi connectivity index (χ0v) is 10.4. The van der Waals surface area contributed by atoms with Crippen molar-refractivity contribution in [2.24, 2.45) is 0 Å². The molecule has 1 aromatic carbocycles. The van der Waals surface area contributed by atoms with E-state index in [1.54, 1.807) is 7.11 Å². The van der Waals surface area contributed by atoms with Crippen LogP contribution in [0.1, 0.15) is 30.9 Å². The Kier molecular flexibility index (Phi) is 2.63. The second-order valence-corrected chi connectivity index (χ2v) is 4.70. The summed E-state index contributed by atoms with van der Waals surface area (Å²) >= 11 is 6.00. The molecule has 0 radical (unpaired) electrons. The van der Waals surface area contributed by atoms with E-state index < -0.39 is 0 Å².